The van der Waals surface area contributed by atoms with E-state index < -0.39 is 0 Å². The Balaban J connectivity index is 1.43. The fourth-order valence-corrected chi connectivity index (χ4v) is 6.90. The maximum absolute atomic E-state index is 6.23. The van der Waals surface area contributed by atoms with Crippen molar-refractivity contribution in [3.63, 3.8) is 0 Å². The number of nitrogens with zero attached hydrogens (tertiary/aromatic N) is 4. The SMILES string of the molecule is CCCC1=C(C(C)Sc2nc(N)cc(N)n2)NC(c2ccc(OC)c(OCCN3CCN(C)CC3)c2)S1. The molecule has 2 atom stereocenters. The molecule has 2 aliphatic heterocycles. The zero-order valence-electron chi connectivity index (χ0n) is 22.2. The minimum atomic E-state index is 0.0947. The van der Waals surface area contributed by atoms with Crippen molar-refractivity contribution in [1.82, 2.24) is 25.1 Å². The number of anilines is 2. The Morgan fingerprint density at radius 3 is 2.54 bits per heavy atom. The summed E-state index contributed by atoms with van der Waals surface area (Å²) in [7, 11) is 3.86. The van der Waals surface area contributed by atoms with Crippen molar-refractivity contribution in [2.75, 3.05) is 65.0 Å². The Morgan fingerprint density at radius 2 is 1.86 bits per heavy atom. The van der Waals surface area contributed by atoms with Crippen molar-refractivity contribution in [1.29, 1.82) is 0 Å². The number of ether oxygens (including phenoxy) is 2. The molecule has 202 valence electrons. The van der Waals surface area contributed by atoms with Crippen LogP contribution in [-0.2, 0) is 0 Å². The second kappa shape index (κ2) is 12.9. The highest BCUT2D eigenvalue weighted by Gasteiger charge is 2.29. The lowest BCUT2D eigenvalue weighted by Crippen LogP contribution is -2.45. The van der Waals surface area contributed by atoms with Gasteiger partial charge in [-0.1, -0.05) is 42.9 Å². The number of allylic oxidation sites excluding steroid dienone is 1. The van der Waals surface area contributed by atoms with Gasteiger partial charge in [-0.05, 0) is 38.1 Å². The molecule has 1 aromatic carbocycles. The monoisotopic (exact) mass is 545 g/mol. The molecule has 9 nitrogen and oxygen atoms in total. The molecule has 0 spiro atoms. The van der Waals surface area contributed by atoms with E-state index in [0.717, 1.165) is 62.6 Å². The summed E-state index contributed by atoms with van der Waals surface area (Å²) in [4.78, 5) is 14.9. The van der Waals surface area contributed by atoms with E-state index in [2.05, 4.69) is 58.1 Å². The molecule has 2 aromatic rings. The van der Waals surface area contributed by atoms with Gasteiger partial charge in [-0.2, -0.15) is 0 Å². The Kier molecular flexibility index (Phi) is 9.69. The minimum absolute atomic E-state index is 0.0947. The van der Waals surface area contributed by atoms with Crippen LogP contribution in [-0.4, -0.2) is 78.5 Å². The number of nitrogens with one attached hydrogen (secondary N) is 1. The molecule has 0 amide bonds. The quantitative estimate of drug-likeness (QED) is 0.283. The molecule has 0 aliphatic carbocycles. The lowest BCUT2D eigenvalue weighted by atomic mass is 10.1. The van der Waals surface area contributed by atoms with E-state index in [-0.39, 0.29) is 10.6 Å². The standard InChI is InChI=1S/C26H39N7O2S2/c1-5-6-21-24(17(2)36-26-29-22(27)16-23(28)30-26)31-25(37-21)18-7-8-19(34-4)20(15-18)35-14-13-33-11-9-32(3)10-12-33/h7-8,15-17,25,31H,5-6,9-14H2,1-4H3,(H4,27,28,29,30). The van der Waals surface area contributed by atoms with Crippen molar-refractivity contribution >= 4 is 35.2 Å². The van der Waals surface area contributed by atoms with E-state index >= 15 is 0 Å². The van der Waals surface area contributed by atoms with E-state index in [1.165, 1.54) is 10.6 Å². The van der Waals surface area contributed by atoms with Gasteiger partial charge in [0.05, 0.1) is 12.4 Å². The van der Waals surface area contributed by atoms with Crippen molar-refractivity contribution in [2.24, 2.45) is 0 Å². The zero-order chi connectivity index (χ0) is 26.4. The number of nitrogen functional groups attached to an aromatic ring is 2. The van der Waals surface area contributed by atoms with Crippen LogP contribution in [0.5, 0.6) is 11.5 Å². The van der Waals surface area contributed by atoms with E-state index in [0.29, 0.717) is 23.4 Å². The van der Waals surface area contributed by atoms with Gasteiger partial charge in [0, 0.05) is 49.4 Å². The molecular formula is C26H39N7O2S2. The Bertz CT molecular complexity index is 1070. The van der Waals surface area contributed by atoms with Gasteiger partial charge in [0.1, 0.15) is 23.6 Å². The predicted octanol–water partition coefficient (Wildman–Crippen LogP) is 3.80. The summed E-state index contributed by atoms with van der Waals surface area (Å²) in [5.41, 5.74) is 14.1. The number of aromatic nitrogens is 2. The number of piperazine rings is 1. The molecule has 0 radical (unpaired) electrons. The molecule has 1 fully saturated rings. The summed E-state index contributed by atoms with van der Waals surface area (Å²) >= 11 is 3.43. The molecule has 4 rings (SSSR count). The number of thioether (sulfide) groups is 2. The van der Waals surface area contributed by atoms with Gasteiger partial charge in [0.2, 0.25) is 0 Å². The summed E-state index contributed by atoms with van der Waals surface area (Å²) in [5.74, 6) is 2.31. The Hall–Kier alpha value is -2.34. The van der Waals surface area contributed by atoms with E-state index in [9.17, 15) is 0 Å². The summed E-state index contributed by atoms with van der Waals surface area (Å²) in [6.07, 6.45) is 2.08. The highest BCUT2D eigenvalue weighted by molar-refractivity contribution is 8.03. The molecular weight excluding hydrogens is 506 g/mol. The van der Waals surface area contributed by atoms with Crippen LogP contribution in [0.15, 0.2) is 40.0 Å². The second-order valence-electron chi connectivity index (χ2n) is 9.39. The van der Waals surface area contributed by atoms with Gasteiger partial charge in [0.15, 0.2) is 16.7 Å². The number of hydrogen-bond donors (Lipinski definition) is 3. The van der Waals surface area contributed by atoms with Gasteiger partial charge >= 0.3 is 0 Å². The number of benzene rings is 1. The average Bonchev–Trinajstić information content (AvgIpc) is 3.29. The molecule has 0 bridgehead atoms. The molecule has 11 heteroatoms. The largest absolute Gasteiger partial charge is 0.493 e. The first-order valence-electron chi connectivity index (χ1n) is 12.8. The molecule has 3 heterocycles. The van der Waals surface area contributed by atoms with Crippen molar-refractivity contribution < 1.29 is 9.47 Å². The maximum Gasteiger partial charge on any atom is 0.192 e. The lowest BCUT2D eigenvalue weighted by molar-refractivity contribution is 0.133. The van der Waals surface area contributed by atoms with E-state index in [1.54, 1.807) is 24.9 Å². The summed E-state index contributed by atoms with van der Waals surface area (Å²) < 4.78 is 11.8. The van der Waals surface area contributed by atoms with Crippen LogP contribution in [0.2, 0.25) is 0 Å². The minimum Gasteiger partial charge on any atom is -0.493 e. The van der Waals surface area contributed by atoms with Crippen molar-refractivity contribution in [2.45, 2.75) is 42.5 Å². The van der Waals surface area contributed by atoms with Gasteiger partial charge in [-0.25, -0.2) is 9.97 Å². The molecule has 2 aliphatic rings. The predicted molar refractivity (Wildman–Crippen MR) is 154 cm³/mol. The molecule has 0 saturated carbocycles. The smallest absolute Gasteiger partial charge is 0.192 e. The Morgan fingerprint density at radius 1 is 1.14 bits per heavy atom. The normalized spacial score (nSPS) is 19.6. The molecule has 1 aromatic heterocycles. The van der Waals surface area contributed by atoms with Crippen LogP contribution in [0.25, 0.3) is 0 Å². The number of rotatable bonds is 11. The second-order valence-corrected chi connectivity index (χ2v) is 11.9. The van der Waals surface area contributed by atoms with Crippen LogP contribution in [0.1, 0.15) is 37.6 Å². The van der Waals surface area contributed by atoms with Crippen LogP contribution >= 0.6 is 23.5 Å². The third-order valence-electron chi connectivity index (χ3n) is 6.51. The van der Waals surface area contributed by atoms with Crippen LogP contribution < -0.4 is 26.3 Å². The van der Waals surface area contributed by atoms with E-state index in [1.807, 2.05) is 17.8 Å². The molecule has 2 unspecified atom stereocenters. The first kappa shape index (κ1) is 27.7. The first-order chi connectivity index (χ1) is 17.9. The van der Waals surface area contributed by atoms with Crippen LogP contribution in [0.3, 0.4) is 0 Å². The number of likely N-dealkylation sites (N-methyl/N-ethyl adjacent to an activating group) is 1. The third kappa shape index (κ3) is 7.37. The number of hydrogen-bond acceptors (Lipinski definition) is 11. The first-order valence-corrected chi connectivity index (χ1v) is 14.6. The van der Waals surface area contributed by atoms with Gasteiger partial charge in [-0.3, -0.25) is 4.90 Å². The summed E-state index contributed by atoms with van der Waals surface area (Å²) in [6.45, 7) is 10.3. The highest BCUT2D eigenvalue weighted by atomic mass is 32.2. The molecule has 1 saturated heterocycles. The van der Waals surface area contributed by atoms with Crippen molar-refractivity contribution in [3.8, 4) is 11.5 Å². The van der Waals surface area contributed by atoms with Crippen LogP contribution in [0.4, 0.5) is 11.6 Å². The highest BCUT2D eigenvalue weighted by Crippen LogP contribution is 2.46. The van der Waals surface area contributed by atoms with Gasteiger partial charge < -0.3 is 31.2 Å². The maximum atomic E-state index is 6.23. The average molecular weight is 546 g/mol. The number of nitrogens with two attached hydrogens (primary N) is 2. The summed E-state index contributed by atoms with van der Waals surface area (Å²) in [6, 6.07) is 7.80. The molecule has 5 N–H and O–H groups in total. The van der Waals surface area contributed by atoms with E-state index in [4.69, 9.17) is 20.9 Å². The number of methoxy groups -OCH3 is 1. The fourth-order valence-electron chi connectivity index (χ4n) is 4.43. The fraction of sp³-hybridized carbons (Fsp3) is 0.538. The zero-order valence-corrected chi connectivity index (χ0v) is 23.8. The third-order valence-corrected chi connectivity index (χ3v) is 8.83. The van der Waals surface area contributed by atoms with Crippen LogP contribution in [0, 0.1) is 0 Å². The van der Waals surface area contributed by atoms with Crippen molar-refractivity contribution in [3.05, 3.63) is 40.4 Å². The topological polar surface area (TPSA) is 115 Å². The summed E-state index contributed by atoms with van der Waals surface area (Å²) in [5, 5.41) is 4.57. The van der Waals surface area contributed by atoms with Gasteiger partial charge in [-0.15, -0.1) is 0 Å². The lowest BCUT2D eigenvalue weighted by Gasteiger charge is -2.32. The Labute approximate surface area is 228 Å². The van der Waals surface area contributed by atoms with Gasteiger partial charge in [0.25, 0.3) is 0 Å². The molecule has 37 heavy (non-hydrogen) atoms.